The van der Waals surface area contributed by atoms with Crippen LogP contribution in [0, 0.1) is 13.8 Å². The fourth-order valence-electron chi connectivity index (χ4n) is 2.44. The second-order valence-electron chi connectivity index (χ2n) is 4.95. The second-order valence-corrected chi connectivity index (χ2v) is 5.31. The van der Waals surface area contributed by atoms with Gasteiger partial charge in [-0.05, 0) is 31.4 Å². The molecule has 1 aromatic heterocycles. The molecular formula is C15H16ClN3. The van der Waals surface area contributed by atoms with Crippen LogP contribution in [0.25, 0.3) is 0 Å². The number of hydrogen-bond acceptors (Lipinski definition) is 3. The number of anilines is 1. The molecule has 0 N–H and O–H groups in total. The minimum absolute atomic E-state index is 0.502. The smallest absolute Gasteiger partial charge is 0.171 e. The Labute approximate surface area is 118 Å². The Morgan fingerprint density at radius 2 is 1.74 bits per heavy atom. The first-order valence-electron chi connectivity index (χ1n) is 6.47. The fourth-order valence-corrected chi connectivity index (χ4v) is 2.73. The number of benzene rings is 1. The molecule has 3 rings (SSSR count). The number of hydrogen-bond donors (Lipinski definition) is 0. The van der Waals surface area contributed by atoms with Gasteiger partial charge in [-0.3, -0.25) is 0 Å². The van der Waals surface area contributed by atoms with Gasteiger partial charge in [-0.2, -0.15) is 0 Å². The van der Waals surface area contributed by atoms with E-state index in [0.717, 1.165) is 36.7 Å². The lowest BCUT2D eigenvalue weighted by atomic mass is 10.00. The summed E-state index contributed by atoms with van der Waals surface area (Å²) in [5, 5.41) is 0.502. The van der Waals surface area contributed by atoms with Gasteiger partial charge in [-0.25, -0.2) is 9.97 Å². The minimum Gasteiger partial charge on any atom is -0.349 e. The average molecular weight is 274 g/mol. The van der Waals surface area contributed by atoms with Crippen molar-refractivity contribution in [3.63, 3.8) is 0 Å². The van der Waals surface area contributed by atoms with Crippen molar-refractivity contribution < 1.29 is 0 Å². The zero-order valence-electron chi connectivity index (χ0n) is 11.2. The normalized spacial score (nSPS) is 14.4. The topological polar surface area (TPSA) is 29.0 Å². The van der Waals surface area contributed by atoms with Gasteiger partial charge in [0, 0.05) is 13.1 Å². The first kappa shape index (κ1) is 12.4. The third-order valence-electron chi connectivity index (χ3n) is 3.68. The number of fused-ring (bicyclic) bond motifs is 1. The molecule has 0 unspecified atom stereocenters. The van der Waals surface area contributed by atoms with Gasteiger partial charge >= 0.3 is 0 Å². The quantitative estimate of drug-likeness (QED) is 0.798. The van der Waals surface area contributed by atoms with E-state index in [1.807, 2.05) is 13.8 Å². The predicted octanol–water partition coefficient (Wildman–Crippen LogP) is 3.31. The maximum absolute atomic E-state index is 6.25. The van der Waals surface area contributed by atoms with Crippen LogP contribution in [-0.4, -0.2) is 16.5 Å². The number of aromatic nitrogens is 2. The molecule has 98 valence electrons. The summed E-state index contributed by atoms with van der Waals surface area (Å²) in [4.78, 5) is 11.2. The molecule has 0 saturated carbocycles. The van der Waals surface area contributed by atoms with Crippen molar-refractivity contribution in [3.8, 4) is 0 Å². The zero-order chi connectivity index (χ0) is 13.4. The minimum atomic E-state index is 0.502. The molecular weight excluding hydrogens is 258 g/mol. The molecule has 2 aromatic rings. The summed E-state index contributed by atoms with van der Waals surface area (Å²) in [7, 11) is 0. The number of rotatable bonds is 1. The molecule has 0 saturated heterocycles. The molecule has 1 aliphatic heterocycles. The monoisotopic (exact) mass is 273 g/mol. The van der Waals surface area contributed by atoms with Crippen LogP contribution in [0.4, 0.5) is 5.82 Å². The summed E-state index contributed by atoms with van der Waals surface area (Å²) in [6.45, 7) is 5.70. The molecule has 0 aliphatic carbocycles. The first-order chi connectivity index (χ1) is 9.15. The van der Waals surface area contributed by atoms with Crippen LogP contribution in [0.3, 0.4) is 0 Å². The van der Waals surface area contributed by atoms with Crippen molar-refractivity contribution in [2.45, 2.75) is 26.8 Å². The third-order valence-corrected chi connectivity index (χ3v) is 3.93. The highest BCUT2D eigenvalue weighted by atomic mass is 35.5. The molecule has 1 aromatic carbocycles. The largest absolute Gasteiger partial charge is 0.349 e. The molecule has 2 heterocycles. The summed E-state index contributed by atoms with van der Waals surface area (Å²) in [5.41, 5.74) is 4.61. The molecule has 0 bridgehead atoms. The third kappa shape index (κ3) is 2.30. The average Bonchev–Trinajstić information content (AvgIpc) is 2.42. The van der Waals surface area contributed by atoms with Crippen molar-refractivity contribution in [2.75, 3.05) is 11.4 Å². The van der Waals surface area contributed by atoms with E-state index in [-0.39, 0.29) is 0 Å². The van der Waals surface area contributed by atoms with E-state index in [0.29, 0.717) is 5.15 Å². The lowest BCUT2D eigenvalue weighted by Gasteiger charge is -2.30. The van der Waals surface area contributed by atoms with Crippen LogP contribution in [0.1, 0.15) is 22.5 Å². The lowest BCUT2D eigenvalue weighted by Crippen LogP contribution is -2.31. The van der Waals surface area contributed by atoms with Crippen molar-refractivity contribution >= 4 is 17.4 Å². The highest BCUT2D eigenvalue weighted by Crippen LogP contribution is 2.28. The second kappa shape index (κ2) is 4.82. The summed E-state index contributed by atoms with van der Waals surface area (Å²) in [6.07, 6.45) is 1.03. The van der Waals surface area contributed by atoms with Gasteiger partial charge < -0.3 is 4.90 Å². The van der Waals surface area contributed by atoms with Crippen LogP contribution in [0.5, 0.6) is 0 Å². The fraction of sp³-hybridized carbons (Fsp3) is 0.333. The molecule has 0 amide bonds. The Balaban J connectivity index is 1.95. The molecule has 3 nitrogen and oxygen atoms in total. The van der Waals surface area contributed by atoms with Crippen molar-refractivity contribution in [1.29, 1.82) is 0 Å². The SMILES string of the molecule is Cc1nc(Cl)c(N2CCc3ccccc3C2)nc1C. The van der Waals surface area contributed by atoms with E-state index in [2.05, 4.69) is 39.1 Å². The Bertz CT molecular complexity index is 625. The van der Waals surface area contributed by atoms with Crippen LogP contribution in [-0.2, 0) is 13.0 Å². The lowest BCUT2D eigenvalue weighted by molar-refractivity contribution is 0.716. The molecule has 0 fully saturated rings. The van der Waals surface area contributed by atoms with Crippen molar-refractivity contribution in [3.05, 3.63) is 51.9 Å². The van der Waals surface area contributed by atoms with Gasteiger partial charge in [0.25, 0.3) is 0 Å². The van der Waals surface area contributed by atoms with Crippen LogP contribution in [0.2, 0.25) is 5.15 Å². The summed E-state index contributed by atoms with van der Waals surface area (Å²) in [5.74, 6) is 0.805. The van der Waals surface area contributed by atoms with Crippen LogP contribution >= 0.6 is 11.6 Å². The van der Waals surface area contributed by atoms with Gasteiger partial charge in [0.1, 0.15) is 0 Å². The highest BCUT2D eigenvalue weighted by Gasteiger charge is 2.20. The maximum atomic E-state index is 6.25. The van der Waals surface area contributed by atoms with Crippen molar-refractivity contribution in [2.24, 2.45) is 0 Å². The molecule has 1 aliphatic rings. The molecule has 0 spiro atoms. The maximum Gasteiger partial charge on any atom is 0.171 e. The van der Waals surface area contributed by atoms with E-state index in [4.69, 9.17) is 11.6 Å². The summed E-state index contributed by atoms with van der Waals surface area (Å²) < 4.78 is 0. The van der Waals surface area contributed by atoms with E-state index >= 15 is 0 Å². The first-order valence-corrected chi connectivity index (χ1v) is 6.85. The molecule has 0 atom stereocenters. The van der Waals surface area contributed by atoms with E-state index in [1.54, 1.807) is 0 Å². The number of aryl methyl sites for hydroxylation is 2. The van der Waals surface area contributed by atoms with Crippen LogP contribution in [0.15, 0.2) is 24.3 Å². The van der Waals surface area contributed by atoms with Gasteiger partial charge in [-0.1, -0.05) is 35.9 Å². The molecule has 4 heteroatoms. The highest BCUT2D eigenvalue weighted by molar-refractivity contribution is 6.31. The van der Waals surface area contributed by atoms with Crippen molar-refractivity contribution in [1.82, 2.24) is 9.97 Å². The number of halogens is 1. The Hall–Kier alpha value is -1.61. The van der Waals surface area contributed by atoms with E-state index < -0.39 is 0 Å². The van der Waals surface area contributed by atoms with Gasteiger partial charge in [0.15, 0.2) is 11.0 Å². The standard InChI is InChI=1S/C15H16ClN3/c1-10-11(2)18-15(14(16)17-10)19-8-7-12-5-3-4-6-13(12)9-19/h3-6H,7-9H2,1-2H3. The molecule has 19 heavy (non-hydrogen) atoms. The Morgan fingerprint density at radius 3 is 2.53 bits per heavy atom. The van der Waals surface area contributed by atoms with Gasteiger partial charge in [0.05, 0.1) is 11.4 Å². The summed E-state index contributed by atoms with van der Waals surface area (Å²) >= 11 is 6.25. The van der Waals surface area contributed by atoms with Gasteiger partial charge in [0.2, 0.25) is 0 Å². The van der Waals surface area contributed by atoms with Crippen LogP contribution < -0.4 is 4.90 Å². The van der Waals surface area contributed by atoms with Gasteiger partial charge in [-0.15, -0.1) is 0 Å². The predicted molar refractivity (Wildman–Crippen MR) is 77.7 cm³/mol. The van der Waals surface area contributed by atoms with E-state index in [1.165, 1.54) is 11.1 Å². The van der Waals surface area contributed by atoms with E-state index in [9.17, 15) is 0 Å². The zero-order valence-corrected chi connectivity index (χ0v) is 11.9. The summed E-state index contributed by atoms with van der Waals surface area (Å²) in [6, 6.07) is 8.54. The Kier molecular flexibility index (Phi) is 3.15. The number of nitrogens with zero attached hydrogens (tertiary/aromatic N) is 3. The molecule has 0 radical (unpaired) electrons. The Morgan fingerprint density at radius 1 is 1.05 bits per heavy atom.